The van der Waals surface area contributed by atoms with Gasteiger partial charge in [0.2, 0.25) is 5.91 Å². The van der Waals surface area contributed by atoms with Crippen LogP contribution in [0.15, 0.2) is 29.3 Å². The van der Waals surface area contributed by atoms with E-state index in [1.54, 1.807) is 23.5 Å². The van der Waals surface area contributed by atoms with Crippen molar-refractivity contribution in [3.63, 3.8) is 0 Å². The Labute approximate surface area is 236 Å². The molecule has 0 saturated carbocycles. The zero-order valence-electron chi connectivity index (χ0n) is 22.1. The molecule has 2 aromatic heterocycles. The van der Waals surface area contributed by atoms with Gasteiger partial charge in [-0.2, -0.15) is 0 Å². The summed E-state index contributed by atoms with van der Waals surface area (Å²) in [6.07, 6.45) is 2.27. The van der Waals surface area contributed by atoms with Crippen molar-refractivity contribution in [2.75, 3.05) is 6.54 Å². The molecule has 4 rings (SSSR count). The Kier molecular flexibility index (Phi) is 9.17. The number of aliphatic imine (C=N–C) groups is 1. The quantitative estimate of drug-likeness (QED) is 0.261. The molecular formula is C28H31ClN6O3S. The van der Waals surface area contributed by atoms with Crippen LogP contribution in [0.1, 0.15) is 71.4 Å². The summed E-state index contributed by atoms with van der Waals surface area (Å²) in [5, 5.41) is 22.5. The zero-order valence-corrected chi connectivity index (χ0v) is 23.7. The minimum atomic E-state index is -1.14. The molecule has 0 fully saturated rings. The summed E-state index contributed by atoms with van der Waals surface area (Å²) in [4.78, 5) is 31.2. The fourth-order valence-electron chi connectivity index (χ4n) is 4.38. The monoisotopic (exact) mass is 566 g/mol. The molecule has 204 valence electrons. The number of nitrogens with one attached hydrogen (secondary N) is 1. The minimum absolute atomic E-state index is 0.0126. The van der Waals surface area contributed by atoms with Crippen LogP contribution in [-0.2, 0) is 9.59 Å². The first kappa shape index (κ1) is 28.5. The van der Waals surface area contributed by atoms with E-state index in [9.17, 15) is 14.7 Å². The third kappa shape index (κ3) is 6.38. The number of unbranched alkanes of at least 4 members (excludes halogenated alkanes) is 2. The highest BCUT2D eigenvalue weighted by atomic mass is 35.5. The number of halogens is 1. The highest BCUT2D eigenvalue weighted by Crippen LogP contribution is 2.39. The lowest BCUT2D eigenvalue weighted by Gasteiger charge is -2.15. The maximum Gasteiger partial charge on any atom is 0.327 e. The highest BCUT2D eigenvalue weighted by molar-refractivity contribution is 7.15. The van der Waals surface area contributed by atoms with Gasteiger partial charge in [-0.1, -0.05) is 23.7 Å². The zero-order chi connectivity index (χ0) is 28.1. The lowest BCUT2D eigenvalue weighted by atomic mass is 9.99. The van der Waals surface area contributed by atoms with Crippen LogP contribution >= 0.6 is 22.9 Å². The largest absolute Gasteiger partial charge is 0.480 e. The van der Waals surface area contributed by atoms with Gasteiger partial charge in [-0.25, -0.2) is 4.79 Å². The number of nitrogens with zero attached hydrogens (tertiary/aromatic N) is 4. The SMILES string of the molecule is Cc1sc2c(c1C)C(c1ccc(Cl)cc1)=N[C@@H](CC(=O)NC(CC#CCCCCN)C(=O)O)c1nnc(C)n1-2. The van der Waals surface area contributed by atoms with Gasteiger partial charge in [-0.05, 0) is 57.9 Å². The van der Waals surface area contributed by atoms with Crippen molar-refractivity contribution in [2.24, 2.45) is 10.7 Å². The van der Waals surface area contributed by atoms with Gasteiger partial charge < -0.3 is 16.2 Å². The van der Waals surface area contributed by atoms with E-state index in [-0.39, 0.29) is 12.8 Å². The van der Waals surface area contributed by atoms with Gasteiger partial charge >= 0.3 is 5.97 Å². The van der Waals surface area contributed by atoms with Crippen LogP contribution in [0.25, 0.3) is 5.00 Å². The average molecular weight is 567 g/mol. The number of carboxylic acid groups (broad SMARTS) is 1. The molecule has 0 radical (unpaired) electrons. The van der Waals surface area contributed by atoms with E-state index >= 15 is 0 Å². The van der Waals surface area contributed by atoms with Crippen LogP contribution in [0.2, 0.25) is 5.02 Å². The molecule has 1 aliphatic heterocycles. The molecule has 1 unspecified atom stereocenters. The smallest absolute Gasteiger partial charge is 0.327 e. The molecular weight excluding hydrogens is 536 g/mol. The molecule has 1 aromatic carbocycles. The fraction of sp³-hybridized carbons (Fsp3) is 0.393. The second-order valence-electron chi connectivity index (χ2n) is 9.37. The number of carbonyl (C=O) groups is 2. The number of amides is 1. The number of thiophene rings is 1. The van der Waals surface area contributed by atoms with E-state index in [0.717, 1.165) is 45.1 Å². The maximum atomic E-state index is 13.2. The van der Waals surface area contributed by atoms with Crippen LogP contribution in [0.4, 0.5) is 0 Å². The Bertz CT molecular complexity index is 1460. The van der Waals surface area contributed by atoms with Gasteiger partial charge in [0, 0.05) is 33.9 Å². The highest BCUT2D eigenvalue weighted by Gasteiger charge is 2.33. The first-order valence-corrected chi connectivity index (χ1v) is 13.9. The third-order valence-corrected chi connectivity index (χ3v) is 8.00. The van der Waals surface area contributed by atoms with E-state index in [1.165, 1.54) is 0 Å². The van der Waals surface area contributed by atoms with Gasteiger partial charge in [0.25, 0.3) is 0 Å². The maximum absolute atomic E-state index is 13.2. The number of aliphatic carboxylic acids is 1. The van der Waals surface area contributed by atoms with Gasteiger partial charge in [0.05, 0.1) is 12.1 Å². The van der Waals surface area contributed by atoms with Crippen molar-refractivity contribution in [1.29, 1.82) is 0 Å². The Hall–Kier alpha value is -3.52. The number of carboxylic acids is 1. The van der Waals surface area contributed by atoms with Crippen LogP contribution in [-0.4, -0.2) is 50.0 Å². The summed E-state index contributed by atoms with van der Waals surface area (Å²) >= 11 is 7.78. The number of benzene rings is 1. The molecule has 0 saturated heterocycles. The second kappa shape index (κ2) is 12.6. The number of aromatic nitrogens is 3. The third-order valence-electron chi connectivity index (χ3n) is 6.56. The standard InChI is InChI=1S/C28H31ClN6O3S/c1-16-17(2)39-27-24(16)25(19-10-12-20(29)13-11-19)32-22(26-34-33-18(3)35(26)27)15-23(36)31-21(28(37)38)9-7-5-4-6-8-14-30/h10-13,21-22H,4,6,8-9,14-15,30H2,1-3H3,(H,31,36)(H,37,38)/t21?,22-/m0/s1. The summed E-state index contributed by atoms with van der Waals surface area (Å²) in [5.74, 6) is 5.43. The van der Waals surface area contributed by atoms with Gasteiger partial charge in [0.1, 0.15) is 22.9 Å². The predicted molar refractivity (Wildman–Crippen MR) is 153 cm³/mol. The van der Waals surface area contributed by atoms with E-state index < -0.39 is 24.0 Å². The van der Waals surface area contributed by atoms with E-state index in [4.69, 9.17) is 22.3 Å². The average Bonchev–Trinajstić information content (AvgIpc) is 3.37. The normalized spacial score (nSPS) is 14.8. The molecule has 0 spiro atoms. The summed E-state index contributed by atoms with van der Waals surface area (Å²) in [6.45, 7) is 6.57. The van der Waals surface area contributed by atoms with Crippen LogP contribution in [0, 0.1) is 32.6 Å². The Morgan fingerprint density at radius 3 is 2.62 bits per heavy atom. The number of aryl methyl sites for hydroxylation is 2. The summed E-state index contributed by atoms with van der Waals surface area (Å²) in [7, 11) is 0. The number of rotatable bonds is 9. The molecule has 2 atom stereocenters. The van der Waals surface area contributed by atoms with Crippen molar-refractivity contribution in [1.82, 2.24) is 20.1 Å². The summed E-state index contributed by atoms with van der Waals surface area (Å²) in [6, 6.07) is 5.60. The van der Waals surface area contributed by atoms with Crippen LogP contribution in [0.3, 0.4) is 0 Å². The number of hydrogen-bond acceptors (Lipinski definition) is 7. The van der Waals surface area contributed by atoms with Gasteiger partial charge in [0.15, 0.2) is 5.82 Å². The number of nitrogens with two attached hydrogens (primary N) is 1. The number of fused-ring (bicyclic) bond motifs is 3. The van der Waals surface area contributed by atoms with Crippen LogP contribution < -0.4 is 11.1 Å². The lowest BCUT2D eigenvalue weighted by Crippen LogP contribution is -2.41. The number of carbonyl (C=O) groups excluding carboxylic acids is 1. The van der Waals surface area contributed by atoms with Crippen molar-refractivity contribution in [3.8, 4) is 16.8 Å². The molecule has 4 N–H and O–H groups in total. The van der Waals surface area contributed by atoms with Crippen molar-refractivity contribution >= 4 is 40.5 Å². The molecule has 3 aromatic rings. The Balaban J connectivity index is 1.66. The first-order chi connectivity index (χ1) is 18.7. The fourth-order valence-corrected chi connectivity index (χ4v) is 5.72. The van der Waals surface area contributed by atoms with Crippen molar-refractivity contribution < 1.29 is 14.7 Å². The molecule has 3 heterocycles. The summed E-state index contributed by atoms with van der Waals surface area (Å²) < 4.78 is 1.95. The summed E-state index contributed by atoms with van der Waals surface area (Å²) in [5.41, 5.74) is 9.12. The second-order valence-corrected chi connectivity index (χ2v) is 11.0. The molecule has 0 bridgehead atoms. The van der Waals surface area contributed by atoms with E-state index in [1.807, 2.05) is 23.6 Å². The molecule has 11 heteroatoms. The van der Waals surface area contributed by atoms with Crippen molar-refractivity contribution in [2.45, 2.75) is 65.0 Å². The Morgan fingerprint density at radius 1 is 1.18 bits per heavy atom. The van der Waals surface area contributed by atoms with E-state index in [0.29, 0.717) is 29.6 Å². The van der Waals surface area contributed by atoms with E-state index in [2.05, 4.69) is 41.2 Å². The first-order valence-electron chi connectivity index (χ1n) is 12.8. The number of hydrogen-bond donors (Lipinski definition) is 3. The molecule has 0 aliphatic carbocycles. The van der Waals surface area contributed by atoms with Gasteiger partial charge in [-0.15, -0.1) is 33.4 Å². The minimum Gasteiger partial charge on any atom is -0.480 e. The lowest BCUT2D eigenvalue weighted by molar-refractivity contribution is -0.141. The molecule has 9 nitrogen and oxygen atoms in total. The topological polar surface area (TPSA) is 135 Å². The Morgan fingerprint density at radius 2 is 1.92 bits per heavy atom. The molecule has 39 heavy (non-hydrogen) atoms. The van der Waals surface area contributed by atoms with Gasteiger partial charge in [-0.3, -0.25) is 14.4 Å². The van der Waals surface area contributed by atoms with Crippen molar-refractivity contribution in [3.05, 3.63) is 62.5 Å². The molecule has 1 amide bonds. The molecule has 1 aliphatic rings. The van der Waals surface area contributed by atoms with Crippen LogP contribution in [0.5, 0.6) is 0 Å². The predicted octanol–water partition coefficient (Wildman–Crippen LogP) is 4.28.